The Morgan fingerprint density at radius 3 is 2.59 bits per heavy atom. The number of hydrogen-bond acceptors (Lipinski definition) is 4. The fourth-order valence-electron chi connectivity index (χ4n) is 1.82. The first-order chi connectivity index (χ1) is 10.7. The Morgan fingerprint density at radius 2 is 1.82 bits per heavy atom. The number of thiazole rings is 1. The van der Waals surface area contributed by atoms with Gasteiger partial charge in [0.05, 0.1) is 11.9 Å². The number of nitrogens with one attached hydrogen (secondary N) is 1. The van der Waals surface area contributed by atoms with Gasteiger partial charge in [0.25, 0.3) is 0 Å². The molecule has 110 valence electrons. The maximum Gasteiger partial charge on any atom is 0.203 e. The van der Waals surface area contributed by atoms with Gasteiger partial charge >= 0.3 is 0 Å². The quantitative estimate of drug-likeness (QED) is 0.495. The van der Waals surface area contributed by atoms with E-state index in [4.69, 9.17) is 23.2 Å². The molecule has 0 saturated heterocycles. The predicted octanol–water partition coefficient (Wildman–Crippen LogP) is 5.56. The lowest BCUT2D eigenvalue weighted by Gasteiger charge is -1.97. The molecule has 3 aromatic rings. The summed E-state index contributed by atoms with van der Waals surface area (Å²) in [7, 11) is 0. The third kappa shape index (κ3) is 3.65. The molecule has 2 aromatic carbocycles. The van der Waals surface area contributed by atoms with Crippen LogP contribution in [-0.4, -0.2) is 11.2 Å². The zero-order chi connectivity index (χ0) is 15.4. The third-order valence-electron chi connectivity index (χ3n) is 2.91. The lowest BCUT2D eigenvalue weighted by Crippen LogP contribution is -1.90. The first-order valence-electron chi connectivity index (χ1n) is 6.47. The molecular formula is C16H11Cl2N3S. The number of hydrogen-bond donors (Lipinski definition) is 1. The summed E-state index contributed by atoms with van der Waals surface area (Å²) < 4.78 is 0. The minimum atomic E-state index is 0.661. The fourth-order valence-corrected chi connectivity index (χ4v) is 2.79. The average molecular weight is 348 g/mol. The molecule has 3 rings (SSSR count). The highest BCUT2D eigenvalue weighted by atomic mass is 35.5. The molecule has 22 heavy (non-hydrogen) atoms. The smallest absolute Gasteiger partial charge is 0.203 e. The van der Waals surface area contributed by atoms with Crippen LogP contribution < -0.4 is 5.43 Å². The van der Waals surface area contributed by atoms with E-state index in [0.717, 1.165) is 16.8 Å². The molecule has 0 spiro atoms. The first kappa shape index (κ1) is 15.0. The van der Waals surface area contributed by atoms with Crippen molar-refractivity contribution in [3.05, 3.63) is 69.5 Å². The Hall–Kier alpha value is -1.88. The number of rotatable bonds is 4. The second kappa shape index (κ2) is 6.92. The molecule has 0 bridgehead atoms. The van der Waals surface area contributed by atoms with E-state index < -0.39 is 0 Å². The van der Waals surface area contributed by atoms with Gasteiger partial charge in [-0.25, -0.2) is 4.98 Å². The van der Waals surface area contributed by atoms with E-state index in [1.165, 1.54) is 11.3 Å². The van der Waals surface area contributed by atoms with E-state index in [0.29, 0.717) is 15.2 Å². The number of halogens is 2. The van der Waals surface area contributed by atoms with Crippen molar-refractivity contribution in [1.82, 2.24) is 4.98 Å². The van der Waals surface area contributed by atoms with Gasteiger partial charge in [-0.3, -0.25) is 5.43 Å². The van der Waals surface area contributed by atoms with Crippen molar-refractivity contribution in [3.8, 4) is 11.3 Å². The Bertz CT molecular complexity index is 797. The van der Waals surface area contributed by atoms with Crippen LogP contribution >= 0.6 is 34.5 Å². The molecule has 0 aliphatic heterocycles. The highest BCUT2D eigenvalue weighted by molar-refractivity contribution is 7.14. The van der Waals surface area contributed by atoms with Gasteiger partial charge in [0, 0.05) is 26.6 Å². The SMILES string of the molecule is Clc1ccc(-c2csc(N/N=C/c3ccccc3Cl)n2)cc1. The van der Waals surface area contributed by atoms with Crippen molar-refractivity contribution < 1.29 is 0 Å². The molecule has 0 saturated carbocycles. The van der Waals surface area contributed by atoms with Crippen molar-refractivity contribution in [2.75, 3.05) is 5.43 Å². The van der Waals surface area contributed by atoms with Gasteiger partial charge in [0.1, 0.15) is 0 Å². The Labute approximate surface area is 142 Å². The number of nitrogens with zero attached hydrogens (tertiary/aromatic N) is 2. The summed E-state index contributed by atoms with van der Waals surface area (Å²) in [6, 6.07) is 15.1. The first-order valence-corrected chi connectivity index (χ1v) is 8.11. The standard InChI is InChI=1S/C16H11Cl2N3S/c17-13-7-5-11(6-8-13)15-10-22-16(20-15)21-19-9-12-3-1-2-4-14(12)18/h1-10H,(H,20,21)/b19-9+. The van der Waals surface area contributed by atoms with Crippen LogP contribution in [0.4, 0.5) is 5.13 Å². The molecule has 3 nitrogen and oxygen atoms in total. The van der Waals surface area contributed by atoms with Crippen LogP contribution in [0.3, 0.4) is 0 Å². The van der Waals surface area contributed by atoms with E-state index in [9.17, 15) is 0 Å². The van der Waals surface area contributed by atoms with Gasteiger partial charge in [-0.15, -0.1) is 11.3 Å². The van der Waals surface area contributed by atoms with Crippen LogP contribution in [0, 0.1) is 0 Å². The van der Waals surface area contributed by atoms with Crippen molar-refractivity contribution in [2.24, 2.45) is 5.10 Å². The number of hydrazone groups is 1. The summed E-state index contributed by atoms with van der Waals surface area (Å²) in [6.45, 7) is 0. The number of benzene rings is 2. The average Bonchev–Trinajstić information content (AvgIpc) is 2.99. The van der Waals surface area contributed by atoms with E-state index >= 15 is 0 Å². The van der Waals surface area contributed by atoms with Crippen molar-refractivity contribution in [1.29, 1.82) is 0 Å². The van der Waals surface area contributed by atoms with Crippen LogP contribution in [0.15, 0.2) is 59.0 Å². The Kier molecular flexibility index (Phi) is 4.73. The summed E-state index contributed by atoms with van der Waals surface area (Å²) in [5.41, 5.74) is 5.67. The molecule has 0 unspecified atom stereocenters. The third-order valence-corrected chi connectivity index (χ3v) is 4.26. The summed E-state index contributed by atoms with van der Waals surface area (Å²) in [5, 5.41) is 8.22. The zero-order valence-electron chi connectivity index (χ0n) is 11.3. The molecule has 0 amide bonds. The van der Waals surface area contributed by atoms with Gasteiger partial charge in [-0.1, -0.05) is 53.5 Å². The van der Waals surface area contributed by atoms with E-state index in [1.807, 2.05) is 53.9 Å². The second-order valence-corrected chi connectivity index (χ2v) is 6.14. The van der Waals surface area contributed by atoms with Crippen molar-refractivity contribution >= 4 is 45.9 Å². The highest BCUT2D eigenvalue weighted by Gasteiger charge is 2.03. The molecule has 1 N–H and O–H groups in total. The fraction of sp³-hybridized carbons (Fsp3) is 0. The van der Waals surface area contributed by atoms with Crippen LogP contribution in [0.5, 0.6) is 0 Å². The van der Waals surface area contributed by atoms with E-state index in [1.54, 1.807) is 6.21 Å². The molecular weight excluding hydrogens is 337 g/mol. The maximum atomic E-state index is 6.06. The zero-order valence-corrected chi connectivity index (χ0v) is 13.7. The molecule has 0 fully saturated rings. The monoisotopic (exact) mass is 347 g/mol. The predicted molar refractivity (Wildman–Crippen MR) is 95.2 cm³/mol. The van der Waals surface area contributed by atoms with Crippen molar-refractivity contribution in [3.63, 3.8) is 0 Å². The summed E-state index contributed by atoms with van der Waals surface area (Å²) in [5.74, 6) is 0. The number of aromatic nitrogens is 1. The van der Waals surface area contributed by atoms with Gasteiger partial charge in [-0.05, 0) is 18.2 Å². The molecule has 0 radical (unpaired) electrons. The van der Waals surface area contributed by atoms with Crippen LogP contribution in [0.1, 0.15) is 5.56 Å². The van der Waals surface area contributed by atoms with Gasteiger partial charge in [0.15, 0.2) is 0 Å². The second-order valence-electron chi connectivity index (χ2n) is 4.44. The summed E-state index contributed by atoms with van der Waals surface area (Å²) >= 11 is 13.4. The lowest BCUT2D eigenvalue weighted by atomic mass is 10.2. The van der Waals surface area contributed by atoms with Gasteiger partial charge in [0.2, 0.25) is 5.13 Å². The molecule has 1 aromatic heterocycles. The van der Waals surface area contributed by atoms with Gasteiger partial charge < -0.3 is 0 Å². The van der Waals surface area contributed by atoms with Gasteiger partial charge in [-0.2, -0.15) is 5.10 Å². The van der Waals surface area contributed by atoms with Crippen LogP contribution in [0.2, 0.25) is 10.0 Å². The van der Waals surface area contributed by atoms with Crippen LogP contribution in [-0.2, 0) is 0 Å². The Morgan fingerprint density at radius 1 is 1.05 bits per heavy atom. The van der Waals surface area contributed by atoms with Crippen LogP contribution in [0.25, 0.3) is 11.3 Å². The minimum Gasteiger partial charge on any atom is -0.253 e. The highest BCUT2D eigenvalue weighted by Crippen LogP contribution is 2.26. The summed E-state index contributed by atoms with van der Waals surface area (Å²) in [6.07, 6.45) is 1.67. The number of anilines is 1. The normalized spacial score (nSPS) is 11.0. The van der Waals surface area contributed by atoms with E-state index in [2.05, 4.69) is 15.5 Å². The molecule has 0 atom stereocenters. The molecule has 0 aliphatic carbocycles. The largest absolute Gasteiger partial charge is 0.253 e. The Balaban J connectivity index is 1.70. The lowest BCUT2D eigenvalue weighted by molar-refractivity contribution is 1.29. The maximum absolute atomic E-state index is 6.06. The summed E-state index contributed by atoms with van der Waals surface area (Å²) in [4.78, 5) is 4.48. The van der Waals surface area contributed by atoms with E-state index in [-0.39, 0.29) is 0 Å². The molecule has 6 heteroatoms. The van der Waals surface area contributed by atoms with Crippen molar-refractivity contribution in [2.45, 2.75) is 0 Å². The molecule has 0 aliphatic rings. The minimum absolute atomic E-state index is 0.661. The topological polar surface area (TPSA) is 37.3 Å². The molecule has 1 heterocycles.